The topological polar surface area (TPSA) is 26.0 Å². The molecule has 1 aromatic carbocycles. The van der Waals surface area contributed by atoms with Crippen molar-refractivity contribution >= 4 is 15.9 Å². The van der Waals surface area contributed by atoms with Crippen LogP contribution < -0.4 is 5.73 Å². The molecule has 2 N–H and O–H groups in total. The number of rotatable bonds is 2. The third-order valence-corrected chi connectivity index (χ3v) is 3.89. The van der Waals surface area contributed by atoms with E-state index in [-0.39, 0.29) is 5.56 Å². The molecule has 2 rings (SSSR count). The number of benzene rings is 1. The van der Waals surface area contributed by atoms with Gasteiger partial charge in [0.25, 0.3) is 0 Å². The van der Waals surface area contributed by atoms with Gasteiger partial charge in [0.15, 0.2) is 0 Å². The summed E-state index contributed by atoms with van der Waals surface area (Å²) in [6.07, 6.45) is 2.53. The maximum Gasteiger partial charge on any atom is 0.144 e. The van der Waals surface area contributed by atoms with Crippen molar-refractivity contribution in [1.82, 2.24) is 0 Å². The van der Waals surface area contributed by atoms with Crippen LogP contribution in [0, 0.1) is 11.6 Å². The van der Waals surface area contributed by atoms with Crippen LogP contribution in [-0.2, 0) is 5.41 Å². The Labute approximate surface area is 95.8 Å². The molecule has 1 aliphatic carbocycles. The average Bonchev–Trinajstić information content (AvgIpc) is 2.16. The molecule has 0 atom stereocenters. The predicted molar refractivity (Wildman–Crippen MR) is 58.6 cm³/mol. The molecule has 0 aromatic heterocycles. The fourth-order valence-corrected chi connectivity index (χ4v) is 2.50. The Morgan fingerprint density at radius 2 is 2.00 bits per heavy atom. The van der Waals surface area contributed by atoms with E-state index in [1.165, 1.54) is 12.1 Å². The predicted octanol–water partition coefficient (Wildman–Crippen LogP) is 3.11. The van der Waals surface area contributed by atoms with Crippen LogP contribution in [0.15, 0.2) is 16.6 Å². The summed E-state index contributed by atoms with van der Waals surface area (Å²) in [5.74, 6) is -0.985. The fourth-order valence-electron chi connectivity index (χ4n) is 2.17. The lowest BCUT2D eigenvalue weighted by Crippen LogP contribution is -2.43. The number of hydrogen-bond donors (Lipinski definition) is 1. The van der Waals surface area contributed by atoms with Gasteiger partial charge < -0.3 is 5.73 Å². The molecule has 0 amide bonds. The molecule has 4 heteroatoms. The maximum absolute atomic E-state index is 13.8. The molecule has 0 radical (unpaired) electrons. The third-order valence-electron chi connectivity index (χ3n) is 3.28. The largest absolute Gasteiger partial charge is 0.330 e. The quantitative estimate of drug-likeness (QED) is 0.825. The van der Waals surface area contributed by atoms with Gasteiger partial charge in [0.1, 0.15) is 11.6 Å². The summed E-state index contributed by atoms with van der Waals surface area (Å²) in [6.45, 7) is 0.303. The second-order valence-corrected chi connectivity index (χ2v) is 4.91. The lowest BCUT2D eigenvalue weighted by atomic mass is 9.64. The summed E-state index contributed by atoms with van der Waals surface area (Å²) in [6, 6.07) is 2.68. The standard InChI is InChI=1S/C11H12BrF2N/c12-7-2-3-8(13)9(10(7)14)11(6-15)4-1-5-11/h2-3H,1,4-6,15H2. The highest BCUT2D eigenvalue weighted by molar-refractivity contribution is 9.10. The Morgan fingerprint density at radius 3 is 2.47 bits per heavy atom. The lowest BCUT2D eigenvalue weighted by molar-refractivity contribution is 0.235. The van der Waals surface area contributed by atoms with Gasteiger partial charge in [-0.15, -0.1) is 0 Å². The molecule has 1 aromatic rings. The van der Waals surface area contributed by atoms with Crippen molar-refractivity contribution in [3.05, 3.63) is 33.8 Å². The minimum Gasteiger partial charge on any atom is -0.330 e. The highest BCUT2D eigenvalue weighted by Gasteiger charge is 2.41. The van der Waals surface area contributed by atoms with Crippen LogP contribution in [0.2, 0.25) is 0 Å². The van der Waals surface area contributed by atoms with Gasteiger partial charge in [-0.3, -0.25) is 0 Å². The zero-order valence-electron chi connectivity index (χ0n) is 8.19. The van der Waals surface area contributed by atoms with Crippen molar-refractivity contribution in [3.8, 4) is 0 Å². The third kappa shape index (κ3) is 1.60. The van der Waals surface area contributed by atoms with Crippen molar-refractivity contribution in [2.75, 3.05) is 6.54 Å². The normalized spacial score (nSPS) is 18.7. The monoisotopic (exact) mass is 275 g/mol. The Hall–Kier alpha value is -0.480. The van der Waals surface area contributed by atoms with Crippen LogP contribution in [0.3, 0.4) is 0 Å². The molecule has 1 fully saturated rings. The molecule has 0 spiro atoms. The van der Waals surface area contributed by atoms with Gasteiger partial charge in [-0.05, 0) is 40.9 Å². The molecule has 1 aliphatic rings. The van der Waals surface area contributed by atoms with E-state index in [0.29, 0.717) is 11.0 Å². The first-order chi connectivity index (χ1) is 7.10. The van der Waals surface area contributed by atoms with Gasteiger partial charge in [0.2, 0.25) is 0 Å². The van der Waals surface area contributed by atoms with E-state index in [2.05, 4.69) is 15.9 Å². The maximum atomic E-state index is 13.8. The van der Waals surface area contributed by atoms with Crippen molar-refractivity contribution in [2.45, 2.75) is 24.7 Å². The Kier molecular flexibility index (Phi) is 2.81. The zero-order valence-corrected chi connectivity index (χ0v) is 9.78. The second kappa shape index (κ2) is 3.83. The molecule has 0 bridgehead atoms. The summed E-state index contributed by atoms with van der Waals surface area (Å²) in [5.41, 5.74) is 5.32. The summed E-state index contributed by atoms with van der Waals surface area (Å²) in [5, 5.41) is 0. The van der Waals surface area contributed by atoms with Crippen molar-refractivity contribution < 1.29 is 8.78 Å². The molecule has 15 heavy (non-hydrogen) atoms. The van der Waals surface area contributed by atoms with E-state index in [4.69, 9.17) is 5.73 Å². The van der Waals surface area contributed by atoms with E-state index in [1.807, 2.05) is 0 Å². The first kappa shape index (κ1) is 11.0. The van der Waals surface area contributed by atoms with Crippen LogP contribution in [0.1, 0.15) is 24.8 Å². The molecule has 0 heterocycles. The first-order valence-corrected chi connectivity index (χ1v) is 5.74. The van der Waals surface area contributed by atoms with Crippen LogP contribution in [0.4, 0.5) is 8.78 Å². The summed E-state index contributed by atoms with van der Waals surface area (Å²) in [7, 11) is 0. The van der Waals surface area contributed by atoms with E-state index in [9.17, 15) is 8.78 Å². The van der Waals surface area contributed by atoms with E-state index in [0.717, 1.165) is 19.3 Å². The average molecular weight is 276 g/mol. The highest BCUT2D eigenvalue weighted by atomic mass is 79.9. The molecular formula is C11H12BrF2N. The summed E-state index contributed by atoms with van der Waals surface area (Å²) in [4.78, 5) is 0. The zero-order chi connectivity index (χ0) is 11.1. The van der Waals surface area contributed by atoms with Gasteiger partial charge in [-0.1, -0.05) is 6.42 Å². The minimum absolute atomic E-state index is 0.158. The van der Waals surface area contributed by atoms with Crippen LogP contribution in [0.5, 0.6) is 0 Å². The van der Waals surface area contributed by atoms with Crippen molar-refractivity contribution in [1.29, 1.82) is 0 Å². The number of halogens is 3. The summed E-state index contributed by atoms with van der Waals surface area (Å²) >= 11 is 3.07. The van der Waals surface area contributed by atoms with Crippen LogP contribution >= 0.6 is 15.9 Å². The number of hydrogen-bond acceptors (Lipinski definition) is 1. The Balaban J connectivity index is 2.55. The molecular weight excluding hydrogens is 264 g/mol. The van der Waals surface area contributed by atoms with E-state index in [1.54, 1.807) is 0 Å². The number of nitrogens with two attached hydrogens (primary N) is 1. The SMILES string of the molecule is NCC1(c2c(F)ccc(Br)c2F)CCC1. The van der Waals surface area contributed by atoms with Gasteiger partial charge in [0.05, 0.1) is 4.47 Å². The molecule has 1 nitrogen and oxygen atoms in total. The highest BCUT2D eigenvalue weighted by Crippen LogP contribution is 2.45. The molecule has 0 aliphatic heterocycles. The van der Waals surface area contributed by atoms with Crippen molar-refractivity contribution in [2.24, 2.45) is 5.73 Å². The van der Waals surface area contributed by atoms with E-state index >= 15 is 0 Å². The second-order valence-electron chi connectivity index (χ2n) is 4.06. The van der Waals surface area contributed by atoms with Gasteiger partial charge >= 0.3 is 0 Å². The lowest BCUT2D eigenvalue weighted by Gasteiger charge is -2.41. The molecule has 0 saturated heterocycles. The molecule has 1 saturated carbocycles. The van der Waals surface area contributed by atoms with Crippen molar-refractivity contribution in [3.63, 3.8) is 0 Å². The van der Waals surface area contributed by atoms with Gasteiger partial charge in [-0.2, -0.15) is 0 Å². The fraction of sp³-hybridized carbons (Fsp3) is 0.455. The van der Waals surface area contributed by atoms with Crippen LogP contribution in [-0.4, -0.2) is 6.54 Å². The van der Waals surface area contributed by atoms with Crippen LogP contribution in [0.25, 0.3) is 0 Å². The van der Waals surface area contributed by atoms with Gasteiger partial charge in [0, 0.05) is 17.5 Å². The smallest absolute Gasteiger partial charge is 0.144 e. The van der Waals surface area contributed by atoms with Gasteiger partial charge in [-0.25, -0.2) is 8.78 Å². The summed E-state index contributed by atoms with van der Waals surface area (Å²) < 4.78 is 27.7. The van der Waals surface area contributed by atoms with E-state index < -0.39 is 17.0 Å². The molecule has 82 valence electrons. The molecule has 0 unspecified atom stereocenters. The Bertz CT molecular complexity index is 383. The minimum atomic E-state index is -0.500. The Morgan fingerprint density at radius 1 is 1.33 bits per heavy atom. The first-order valence-electron chi connectivity index (χ1n) is 4.95.